The third-order valence-electron chi connectivity index (χ3n) is 4.78. The van der Waals surface area contributed by atoms with Gasteiger partial charge in [0.15, 0.2) is 5.82 Å². The Morgan fingerprint density at radius 3 is 2.00 bits per heavy atom. The van der Waals surface area contributed by atoms with E-state index in [1.54, 1.807) is 7.11 Å². The molecule has 4 nitrogen and oxygen atoms in total. The minimum absolute atomic E-state index is 0.534. The fraction of sp³-hybridized carbons (Fsp3) is 0.0417. The van der Waals surface area contributed by atoms with Gasteiger partial charge in [-0.2, -0.15) is 0 Å². The molecule has 0 N–H and O–H groups in total. The van der Waals surface area contributed by atoms with Gasteiger partial charge in [0, 0.05) is 16.5 Å². The first kappa shape index (κ1) is 16.4. The predicted octanol–water partition coefficient (Wildman–Crippen LogP) is 5.52. The molecule has 3 aromatic carbocycles. The molecule has 0 atom stereocenters. The van der Waals surface area contributed by atoms with Crippen molar-refractivity contribution in [3.8, 4) is 28.5 Å². The second-order valence-corrected chi connectivity index (χ2v) is 6.49. The van der Waals surface area contributed by atoms with Crippen LogP contribution in [0.2, 0.25) is 0 Å². The third-order valence-corrected chi connectivity index (χ3v) is 4.78. The van der Waals surface area contributed by atoms with Crippen molar-refractivity contribution in [2.45, 2.75) is 0 Å². The molecule has 0 saturated heterocycles. The van der Waals surface area contributed by atoms with Crippen LogP contribution in [0.15, 0.2) is 84.9 Å². The number of nitrogens with zero attached hydrogens (tertiary/aromatic N) is 3. The molecule has 0 aliphatic heterocycles. The zero-order valence-corrected chi connectivity index (χ0v) is 15.3. The van der Waals surface area contributed by atoms with Gasteiger partial charge in [-0.25, -0.2) is 15.0 Å². The normalized spacial score (nSPS) is 11.0. The molecule has 4 heteroatoms. The molecule has 0 aliphatic rings. The molecule has 0 amide bonds. The molecule has 0 spiro atoms. The summed E-state index contributed by atoms with van der Waals surface area (Å²) in [6, 6.07) is 28.1. The van der Waals surface area contributed by atoms with Gasteiger partial charge in [-0.15, -0.1) is 0 Å². The summed E-state index contributed by atoms with van der Waals surface area (Å²) < 4.78 is 5.65. The fourth-order valence-electron chi connectivity index (χ4n) is 3.46. The highest BCUT2D eigenvalue weighted by molar-refractivity contribution is 6.10. The summed E-state index contributed by atoms with van der Waals surface area (Å²) in [5, 5.41) is 1.81. The lowest BCUT2D eigenvalue weighted by atomic mass is 10.0. The maximum atomic E-state index is 5.65. The molecular formula is C24H17N3O. The Labute approximate surface area is 162 Å². The SMILES string of the molecule is COc1nc2ccccc2c2nc(-c3ccccc3)nc(-c3ccccc3)c12. The molecule has 0 radical (unpaired) electrons. The number of methoxy groups -OCH3 is 1. The number of benzene rings is 3. The summed E-state index contributed by atoms with van der Waals surface area (Å²) in [4.78, 5) is 14.6. The first-order valence-corrected chi connectivity index (χ1v) is 9.10. The van der Waals surface area contributed by atoms with Crippen molar-refractivity contribution in [3.63, 3.8) is 0 Å². The first-order valence-electron chi connectivity index (χ1n) is 9.10. The lowest BCUT2D eigenvalue weighted by Crippen LogP contribution is -2.00. The number of hydrogen-bond donors (Lipinski definition) is 0. The van der Waals surface area contributed by atoms with Crippen LogP contribution in [0.5, 0.6) is 5.88 Å². The van der Waals surface area contributed by atoms with E-state index in [1.165, 1.54) is 0 Å². The summed E-state index contributed by atoms with van der Waals surface area (Å²) in [6.07, 6.45) is 0. The van der Waals surface area contributed by atoms with Crippen LogP contribution in [-0.4, -0.2) is 22.1 Å². The molecule has 5 aromatic rings. The highest BCUT2D eigenvalue weighted by Crippen LogP contribution is 2.37. The average molecular weight is 363 g/mol. The molecule has 5 rings (SSSR count). The van der Waals surface area contributed by atoms with Gasteiger partial charge in [-0.05, 0) is 6.07 Å². The molecule has 0 bridgehead atoms. The van der Waals surface area contributed by atoms with E-state index in [9.17, 15) is 0 Å². The van der Waals surface area contributed by atoms with Crippen LogP contribution in [-0.2, 0) is 0 Å². The van der Waals surface area contributed by atoms with Crippen LogP contribution in [0.3, 0.4) is 0 Å². The van der Waals surface area contributed by atoms with Gasteiger partial charge >= 0.3 is 0 Å². The van der Waals surface area contributed by atoms with E-state index in [2.05, 4.69) is 0 Å². The topological polar surface area (TPSA) is 47.9 Å². The quantitative estimate of drug-likeness (QED) is 0.396. The van der Waals surface area contributed by atoms with Crippen molar-refractivity contribution in [2.24, 2.45) is 0 Å². The average Bonchev–Trinajstić information content (AvgIpc) is 2.79. The van der Waals surface area contributed by atoms with Crippen LogP contribution in [0.1, 0.15) is 0 Å². The molecular weight excluding hydrogens is 346 g/mol. The van der Waals surface area contributed by atoms with Crippen molar-refractivity contribution in [1.29, 1.82) is 0 Å². The van der Waals surface area contributed by atoms with E-state index >= 15 is 0 Å². The molecule has 2 heterocycles. The zero-order chi connectivity index (χ0) is 18.9. The molecule has 0 unspecified atom stereocenters. The highest BCUT2D eigenvalue weighted by atomic mass is 16.5. The Morgan fingerprint density at radius 2 is 1.29 bits per heavy atom. The number of fused-ring (bicyclic) bond motifs is 3. The van der Waals surface area contributed by atoms with E-state index in [0.29, 0.717) is 11.7 Å². The van der Waals surface area contributed by atoms with Gasteiger partial charge < -0.3 is 4.74 Å². The van der Waals surface area contributed by atoms with Gasteiger partial charge in [-0.1, -0.05) is 78.9 Å². The monoisotopic (exact) mass is 363 g/mol. The number of hydrogen-bond acceptors (Lipinski definition) is 4. The van der Waals surface area contributed by atoms with Crippen LogP contribution in [0.4, 0.5) is 0 Å². The Balaban J connectivity index is 1.96. The van der Waals surface area contributed by atoms with Gasteiger partial charge in [0.2, 0.25) is 5.88 Å². The lowest BCUT2D eigenvalue weighted by molar-refractivity contribution is 0.405. The molecule has 28 heavy (non-hydrogen) atoms. The summed E-state index contributed by atoms with van der Waals surface area (Å²) in [7, 11) is 1.64. The molecule has 134 valence electrons. The van der Waals surface area contributed by atoms with Gasteiger partial charge in [0.05, 0.1) is 29.2 Å². The zero-order valence-electron chi connectivity index (χ0n) is 15.3. The third kappa shape index (κ3) is 2.67. The minimum Gasteiger partial charge on any atom is -0.480 e. The molecule has 0 aliphatic carbocycles. The van der Waals surface area contributed by atoms with Crippen LogP contribution < -0.4 is 4.74 Å². The van der Waals surface area contributed by atoms with E-state index in [0.717, 1.165) is 38.6 Å². The number of pyridine rings is 1. The molecule has 2 aromatic heterocycles. The van der Waals surface area contributed by atoms with Gasteiger partial charge in [-0.3, -0.25) is 0 Å². The van der Waals surface area contributed by atoms with Crippen molar-refractivity contribution < 1.29 is 4.74 Å². The minimum atomic E-state index is 0.534. The fourth-order valence-corrected chi connectivity index (χ4v) is 3.46. The summed E-state index contributed by atoms with van der Waals surface area (Å²) in [5.74, 6) is 1.22. The second-order valence-electron chi connectivity index (χ2n) is 6.49. The highest BCUT2D eigenvalue weighted by Gasteiger charge is 2.18. The number of para-hydroxylation sites is 1. The maximum absolute atomic E-state index is 5.65. The van der Waals surface area contributed by atoms with Gasteiger partial charge in [0.1, 0.15) is 0 Å². The summed E-state index contributed by atoms with van der Waals surface area (Å²) in [6.45, 7) is 0. The van der Waals surface area contributed by atoms with Crippen molar-refractivity contribution in [3.05, 3.63) is 84.9 Å². The Hall–Kier alpha value is -3.79. The van der Waals surface area contributed by atoms with E-state index in [-0.39, 0.29) is 0 Å². The number of rotatable bonds is 3. The van der Waals surface area contributed by atoms with Crippen molar-refractivity contribution >= 4 is 21.8 Å². The van der Waals surface area contributed by atoms with Crippen LogP contribution in [0.25, 0.3) is 44.5 Å². The van der Waals surface area contributed by atoms with Crippen LogP contribution in [0, 0.1) is 0 Å². The van der Waals surface area contributed by atoms with Crippen molar-refractivity contribution in [1.82, 2.24) is 15.0 Å². The summed E-state index contributed by atoms with van der Waals surface area (Å²) >= 11 is 0. The summed E-state index contributed by atoms with van der Waals surface area (Å²) in [5.41, 5.74) is 4.49. The largest absolute Gasteiger partial charge is 0.480 e. The smallest absolute Gasteiger partial charge is 0.225 e. The number of aromatic nitrogens is 3. The maximum Gasteiger partial charge on any atom is 0.225 e. The molecule has 0 fully saturated rings. The second kappa shape index (κ2) is 6.74. The standard InChI is InChI=1S/C24H17N3O/c1-28-24-20-21(16-10-4-2-5-11-16)26-23(17-12-6-3-7-13-17)27-22(20)18-14-8-9-15-19(18)25-24/h2-15H,1H3. The Morgan fingerprint density at radius 1 is 0.643 bits per heavy atom. The van der Waals surface area contributed by atoms with Crippen molar-refractivity contribution in [2.75, 3.05) is 7.11 Å². The predicted molar refractivity (Wildman–Crippen MR) is 112 cm³/mol. The first-order chi connectivity index (χ1) is 13.8. The van der Waals surface area contributed by atoms with E-state index < -0.39 is 0 Å². The lowest BCUT2D eigenvalue weighted by Gasteiger charge is -2.13. The van der Waals surface area contributed by atoms with E-state index in [4.69, 9.17) is 19.7 Å². The van der Waals surface area contributed by atoms with Gasteiger partial charge in [0.25, 0.3) is 0 Å². The van der Waals surface area contributed by atoms with E-state index in [1.807, 2.05) is 84.9 Å². The Bertz CT molecular complexity index is 1290. The number of ether oxygens (including phenoxy) is 1. The van der Waals surface area contributed by atoms with Crippen LogP contribution >= 0.6 is 0 Å². The molecule has 0 saturated carbocycles. The Kier molecular flexibility index (Phi) is 3.95.